The third-order valence-electron chi connectivity index (χ3n) is 4.33. The predicted octanol–water partition coefficient (Wildman–Crippen LogP) is 4.55. The Morgan fingerprint density at radius 1 is 1.38 bits per heavy atom. The molecule has 0 radical (unpaired) electrons. The lowest BCUT2D eigenvalue weighted by Crippen LogP contribution is -2.02. The molecule has 2 heterocycles. The third kappa shape index (κ3) is 3.44. The first-order valence-corrected chi connectivity index (χ1v) is 9.65. The maximum absolute atomic E-state index is 5.45. The van der Waals surface area contributed by atoms with Gasteiger partial charge in [-0.25, -0.2) is 0 Å². The summed E-state index contributed by atoms with van der Waals surface area (Å²) in [6, 6.07) is 8.27. The highest BCUT2D eigenvalue weighted by molar-refractivity contribution is 7.99. The molecule has 0 bridgehead atoms. The Hall–Kier alpha value is -2.41. The van der Waals surface area contributed by atoms with E-state index >= 15 is 0 Å². The first-order chi connectivity index (χ1) is 12.7. The molecule has 2 aromatic heterocycles. The Kier molecular flexibility index (Phi) is 4.63. The lowest BCUT2D eigenvalue weighted by Gasteiger charge is -2.10. The summed E-state index contributed by atoms with van der Waals surface area (Å²) in [4.78, 5) is 4.54. The van der Waals surface area contributed by atoms with E-state index in [-0.39, 0.29) is 5.25 Å². The molecule has 26 heavy (non-hydrogen) atoms. The van der Waals surface area contributed by atoms with Crippen molar-refractivity contribution < 1.29 is 4.52 Å². The summed E-state index contributed by atoms with van der Waals surface area (Å²) in [7, 11) is 0. The van der Waals surface area contributed by atoms with Gasteiger partial charge in [-0.15, -0.1) is 16.8 Å². The summed E-state index contributed by atoms with van der Waals surface area (Å²) in [6.07, 6.45) is 4.18. The van der Waals surface area contributed by atoms with Gasteiger partial charge in [0.05, 0.1) is 5.25 Å². The number of hydrogen-bond donors (Lipinski definition) is 0. The quantitative estimate of drug-likeness (QED) is 0.451. The number of hydrogen-bond acceptors (Lipinski definition) is 6. The molecule has 1 saturated carbocycles. The van der Waals surface area contributed by atoms with Gasteiger partial charge in [0.2, 0.25) is 5.89 Å². The van der Waals surface area contributed by atoms with Gasteiger partial charge in [0, 0.05) is 18.0 Å². The van der Waals surface area contributed by atoms with Crippen LogP contribution in [0.5, 0.6) is 0 Å². The summed E-state index contributed by atoms with van der Waals surface area (Å²) in [6.45, 7) is 8.63. The van der Waals surface area contributed by atoms with Gasteiger partial charge in [-0.1, -0.05) is 46.8 Å². The Morgan fingerprint density at radius 3 is 2.96 bits per heavy atom. The van der Waals surface area contributed by atoms with E-state index in [1.807, 2.05) is 25.1 Å². The fraction of sp³-hybridized carbons (Fsp3) is 0.368. The molecule has 7 heteroatoms. The van der Waals surface area contributed by atoms with Crippen LogP contribution in [0.15, 0.2) is 46.6 Å². The normalized spacial score (nSPS) is 15.2. The van der Waals surface area contributed by atoms with Crippen LogP contribution < -0.4 is 0 Å². The van der Waals surface area contributed by atoms with Gasteiger partial charge in [-0.05, 0) is 32.8 Å². The standard InChI is InChI=1S/C19H21N5OS/c1-4-10-24-17(15-7-5-6-12(2)11-15)21-22-19(24)26-13(3)18-20-16(23-25-18)14-8-9-14/h4-7,11,13-14H,1,8-10H2,2-3H3. The summed E-state index contributed by atoms with van der Waals surface area (Å²) >= 11 is 1.57. The molecule has 4 rings (SSSR count). The number of aromatic nitrogens is 5. The van der Waals surface area contributed by atoms with Crippen LogP contribution in [-0.4, -0.2) is 24.9 Å². The van der Waals surface area contributed by atoms with Crippen LogP contribution in [0.25, 0.3) is 11.4 Å². The van der Waals surface area contributed by atoms with E-state index in [0.717, 1.165) is 35.2 Å². The second kappa shape index (κ2) is 7.07. The van der Waals surface area contributed by atoms with Crippen LogP contribution in [0.3, 0.4) is 0 Å². The van der Waals surface area contributed by atoms with Crippen molar-refractivity contribution in [3.8, 4) is 11.4 Å². The monoisotopic (exact) mass is 367 g/mol. The topological polar surface area (TPSA) is 69.6 Å². The van der Waals surface area contributed by atoms with Crippen LogP contribution in [0.2, 0.25) is 0 Å². The van der Waals surface area contributed by atoms with Crippen molar-refractivity contribution in [2.75, 3.05) is 0 Å². The average Bonchev–Trinajstić information content (AvgIpc) is 3.23. The lowest BCUT2D eigenvalue weighted by atomic mass is 10.1. The van der Waals surface area contributed by atoms with Crippen molar-refractivity contribution in [1.29, 1.82) is 0 Å². The molecule has 1 unspecified atom stereocenters. The minimum absolute atomic E-state index is 0.00752. The first kappa shape index (κ1) is 17.0. The number of thioether (sulfide) groups is 1. The number of allylic oxidation sites excluding steroid dienone is 1. The molecule has 1 aromatic carbocycles. The van der Waals surface area contributed by atoms with Gasteiger partial charge < -0.3 is 4.52 Å². The van der Waals surface area contributed by atoms with E-state index < -0.39 is 0 Å². The number of benzene rings is 1. The smallest absolute Gasteiger partial charge is 0.239 e. The Labute approximate surface area is 156 Å². The molecule has 6 nitrogen and oxygen atoms in total. The van der Waals surface area contributed by atoms with Crippen molar-refractivity contribution in [2.24, 2.45) is 0 Å². The lowest BCUT2D eigenvalue weighted by molar-refractivity contribution is 0.374. The van der Waals surface area contributed by atoms with Gasteiger partial charge in [0.25, 0.3) is 0 Å². The van der Waals surface area contributed by atoms with E-state index in [4.69, 9.17) is 4.52 Å². The number of rotatable bonds is 7. The Bertz CT molecular complexity index is 928. The van der Waals surface area contributed by atoms with Crippen LogP contribution in [0.4, 0.5) is 0 Å². The molecule has 0 spiro atoms. The third-order valence-corrected chi connectivity index (χ3v) is 5.40. The van der Waals surface area contributed by atoms with Crippen molar-refractivity contribution in [3.05, 3.63) is 54.2 Å². The SMILES string of the molecule is C=CCn1c(SC(C)c2nc(C3CC3)no2)nnc1-c1cccc(C)c1. The predicted molar refractivity (Wildman–Crippen MR) is 101 cm³/mol. The molecule has 0 aliphatic heterocycles. The van der Waals surface area contributed by atoms with Crippen LogP contribution in [0.1, 0.15) is 48.2 Å². The van der Waals surface area contributed by atoms with Crippen LogP contribution in [0, 0.1) is 6.92 Å². The zero-order valence-electron chi connectivity index (χ0n) is 14.9. The summed E-state index contributed by atoms with van der Waals surface area (Å²) in [5, 5.41) is 13.7. The zero-order valence-corrected chi connectivity index (χ0v) is 15.7. The van der Waals surface area contributed by atoms with E-state index in [9.17, 15) is 0 Å². The van der Waals surface area contributed by atoms with Crippen molar-refractivity contribution in [1.82, 2.24) is 24.9 Å². The van der Waals surface area contributed by atoms with E-state index in [0.29, 0.717) is 18.4 Å². The molecule has 1 fully saturated rings. The van der Waals surface area contributed by atoms with Gasteiger partial charge in [0.1, 0.15) is 0 Å². The van der Waals surface area contributed by atoms with Gasteiger partial charge in [0.15, 0.2) is 16.8 Å². The molecule has 3 aromatic rings. The van der Waals surface area contributed by atoms with Gasteiger partial charge in [-0.3, -0.25) is 4.57 Å². The molecular weight excluding hydrogens is 346 g/mol. The second-order valence-electron chi connectivity index (χ2n) is 6.60. The first-order valence-electron chi connectivity index (χ1n) is 8.77. The van der Waals surface area contributed by atoms with E-state index in [1.54, 1.807) is 11.8 Å². The number of aryl methyl sites for hydroxylation is 1. The molecule has 134 valence electrons. The molecule has 0 N–H and O–H groups in total. The van der Waals surface area contributed by atoms with Gasteiger partial charge in [-0.2, -0.15) is 4.98 Å². The summed E-state index contributed by atoms with van der Waals surface area (Å²) < 4.78 is 7.52. The van der Waals surface area contributed by atoms with Crippen LogP contribution in [-0.2, 0) is 6.54 Å². The van der Waals surface area contributed by atoms with Crippen molar-refractivity contribution in [2.45, 2.75) is 49.6 Å². The average molecular weight is 367 g/mol. The highest BCUT2D eigenvalue weighted by atomic mass is 32.2. The Morgan fingerprint density at radius 2 is 2.23 bits per heavy atom. The Balaban J connectivity index is 1.60. The molecule has 1 aliphatic rings. The highest BCUT2D eigenvalue weighted by Crippen LogP contribution is 2.40. The van der Waals surface area contributed by atoms with E-state index in [1.165, 1.54) is 5.56 Å². The molecule has 1 aliphatic carbocycles. The summed E-state index contributed by atoms with van der Waals surface area (Å²) in [5.74, 6) is 2.80. The fourth-order valence-electron chi connectivity index (χ4n) is 2.80. The largest absolute Gasteiger partial charge is 0.338 e. The zero-order chi connectivity index (χ0) is 18.1. The molecule has 1 atom stereocenters. The second-order valence-corrected chi connectivity index (χ2v) is 7.91. The minimum Gasteiger partial charge on any atom is -0.338 e. The minimum atomic E-state index is 0.00752. The molecular formula is C19H21N5OS. The molecule has 0 amide bonds. The van der Waals surface area contributed by atoms with Crippen molar-refractivity contribution in [3.63, 3.8) is 0 Å². The number of nitrogens with zero attached hydrogens (tertiary/aromatic N) is 5. The maximum Gasteiger partial charge on any atom is 0.239 e. The maximum atomic E-state index is 5.45. The van der Waals surface area contributed by atoms with E-state index in [2.05, 4.69) is 50.5 Å². The molecule has 0 saturated heterocycles. The van der Waals surface area contributed by atoms with Gasteiger partial charge >= 0.3 is 0 Å². The van der Waals surface area contributed by atoms with Crippen molar-refractivity contribution >= 4 is 11.8 Å². The fourth-order valence-corrected chi connectivity index (χ4v) is 3.68. The highest BCUT2D eigenvalue weighted by Gasteiger charge is 2.30. The van der Waals surface area contributed by atoms with Crippen LogP contribution >= 0.6 is 11.8 Å². The summed E-state index contributed by atoms with van der Waals surface area (Å²) in [5.41, 5.74) is 2.24.